The van der Waals surface area contributed by atoms with E-state index in [1.165, 1.54) is 0 Å². The van der Waals surface area contributed by atoms with E-state index in [2.05, 4.69) is 4.98 Å². The van der Waals surface area contributed by atoms with Crippen LogP contribution in [0.5, 0.6) is 0 Å². The van der Waals surface area contributed by atoms with Gasteiger partial charge in [0, 0.05) is 12.7 Å². The van der Waals surface area contributed by atoms with Gasteiger partial charge in [-0.2, -0.15) is 5.26 Å². The molecule has 0 aromatic carbocycles. The highest BCUT2D eigenvalue weighted by molar-refractivity contribution is 5.70. The van der Waals surface area contributed by atoms with Crippen molar-refractivity contribution in [3.05, 3.63) is 17.8 Å². The largest absolute Gasteiger partial charge is 0.395 e. The Kier molecular flexibility index (Phi) is 2.93. The summed E-state index contributed by atoms with van der Waals surface area (Å²) in [4.78, 5) is 6.19. The topological polar surface area (TPSA) is 86.2 Å². The van der Waals surface area contributed by atoms with Gasteiger partial charge in [-0.1, -0.05) is 0 Å². The summed E-state index contributed by atoms with van der Waals surface area (Å²) in [6, 6.07) is 3.71. The van der Waals surface area contributed by atoms with E-state index in [0.717, 1.165) is 19.4 Å². The van der Waals surface area contributed by atoms with E-state index in [1.807, 2.05) is 11.0 Å². The van der Waals surface area contributed by atoms with Crippen molar-refractivity contribution in [2.45, 2.75) is 18.9 Å². The first-order valence-corrected chi connectivity index (χ1v) is 5.30. The fourth-order valence-electron chi connectivity index (χ4n) is 2.09. The molecule has 0 aliphatic carbocycles. The van der Waals surface area contributed by atoms with E-state index < -0.39 is 0 Å². The van der Waals surface area contributed by atoms with Crippen molar-refractivity contribution in [1.82, 2.24) is 4.98 Å². The molecule has 84 valence electrons. The molecule has 0 saturated carbocycles. The lowest BCUT2D eigenvalue weighted by Crippen LogP contribution is -2.33. The normalized spacial score (nSPS) is 19.8. The summed E-state index contributed by atoms with van der Waals surface area (Å²) in [5, 5.41) is 18.1. The zero-order valence-electron chi connectivity index (χ0n) is 8.93. The van der Waals surface area contributed by atoms with Crippen LogP contribution in [0.2, 0.25) is 0 Å². The summed E-state index contributed by atoms with van der Waals surface area (Å²) in [7, 11) is 0. The highest BCUT2D eigenvalue weighted by atomic mass is 16.3. The average molecular weight is 218 g/mol. The van der Waals surface area contributed by atoms with Crippen LogP contribution in [0.15, 0.2) is 12.3 Å². The molecule has 2 heterocycles. The van der Waals surface area contributed by atoms with Crippen molar-refractivity contribution in [3.63, 3.8) is 0 Å². The molecule has 0 radical (unpaired) electrons. The van der Waals surface area contributed by atoms with Gasteiger partial charge >= 0.3 is 0 Å². The minimum absolute atomic E-state index is 0.0729. The smallest absolute Gasteiger partial charge is 0.153 e. The lowest BCUT2D eigenvalue weighted by Gasteiger charge is -2.25. The van der Waals surface area contributed by atoms with Crippen molar-refractivity contribution < 1.29 is 5.11 Å². The average Bonchev–Trinajstić information content (AvgIpc) is 2.77. The minimum Gasteiger partial charge on any atom is -0.395 e. The van der Waals surface area contributed by atoms with Crippen LogP contribution in [0.3, 0.4) is 0 Å². The molecule has 1 fully saturated rings. The highest BCUT2D eigenvalue weighted by Gasteiger charge is 2.26. The van der Waals surface area contributed by atoms with Crippen LogP contribution in [0.4, 0.5) is 11.5 Å². The fraction of sp³-hybridized carbons (Fsp3) is 0.455. The van der Waals surface area contributed by atoms with Crippen LogP contribution in [-0.4, -0.2) is 29.3 Å². The predicted octanol–water partition coefficient (Wildman–Crippen LogP) is 0.497. The summed E-state index contributed by atoms with van der Waals surface area (Å²) in [6.07, 6.45) is 3.54. The second kappa shape index (κ2) is 4.37. The molecule has 5 heteroatoms. The maximum Gasteiger partial charge on any atom is 0.153 e. The van der Waals surface area contributed by atoms with Crippen LogP contribution in [-0.2, 0) is 0 Å². The maximum absolute atomic E-state index is 9.24. The first-order chi connectivity index (χ1) is 7.77. The van der Waals surface area contributed by atoms with Gasteiger partial charge in [0.05, 0.1) is 23.9 Å². The molecule has 1 atom stereocenters. The zero-order chi connectivity index (χ0) is 11.5. The molecule has 0 amide bonds. The number of nitrogen functional groups attached to an aromatic ring is 1. The molecule has 16 heavy (non-hydrogen) atoms. The molecule has 1 aliphatic rings. The lowest BCUT2D eigenvalue weighted by molar-refractivity contribution is 0.266. The van der Waals surface area contributed by atoms with Gasteiger partial charge in [-0.25, -0.2) is 4.98 Å². The van der Waals surface area contributed by atoms with Crippen molar-refractivity contribution >= 4 is 11.5 Å². The van der Waals surface area contributed by atoms with E-state index in [0.29, 0.717) is 17.1 Å². The number of nitrogens with zero attached hydrogens (tertiary/aromatic N) is 3. The Morgan fingerprint density at radius 1 is 1.69 bits per heavy atom. The van der Waals surface area contributed by atoms with Gasteiger partial charge in [0.15, 0.2) is 5.82 Å². The van der Waals surface area contributed by atoms with Gasteiger partial charge in [-0.05, 0) is 18.9 Å². The fourth-order valence-corrected chi connectivity index (χ4v) is 2.09. The molecule has 3 N–H and O–H groups in total. The Morgan fingerprint density at radius 3 is 3.19 bits per heavy atom. The number of hydrogen-bond acceptors (Lipinski definition) is 5. The summed E-state index contributed by atoms with van der Waals surface area (Å²) < 4.78 is 0. The van der Waals surface area contributed by atoms with E-state index in [9.17, 15) is 5.11 Å². The molecule has 2 rings (SSSR count). The molecular formula is C11H14N4O. The minimum atomic E-state index is 0.0729. The Balaban J connectivity index is 2.37. The first kappa shape index (κ1) is 10.7. The number of anilines is 2. The second-order valence-electron chi connectivity index (χ2n) is 3.88. The Bertz CT molecular complexity index is 426. The van der Waals surface area contributed by atoms with E-state index >= 15 is 0 Å². The summed E-state index contributed by atoms with van der Waals surface area (Å²) in [5.74, 6) is 0.621. The predicted molar refractivity (Wildman–Crippen MR) is 60.8 cm³/mol. The molecule has 1 aliphatic heterocycles. The molecular weight excluding hydrogens is 204 g/mol. The standard InChI is InChI=1S/C11H14N4O/c12-6-8-3-4-14-11(10(8)13)15-5-1-2-9(15)7-16/h3-4,9,16H,1-2,5,7,13H2. The molecule has 1 unspecified atom stereocenters. The van der Waals surface area contributed by atoms with E-state index in [-0.39, 0.29) is 12.6 Å². The molecule has 1 aromatic rings. The molecule has 1 saturated heterocycles. The van der Waals surface area contributed by atoms with Crippen LogP contribution < -0.4 is 10.6 Å². The van der Waals surface area contributed by atoms with E-state index in [1.54, 1.807) is 12.3 Å². The van der Waals surface area contributed by atoms with E-state index in [4.69, 9.17) is 11.0 Å². The van der Waals surface area contributed by atoms with Gasteiger partial charge < -0.3 is 15.7 Å². The summed E-state index contributed by atoms with van der Waals surface area (Å²) in [6.45, 7) is 0.926. The van der Waals surface area contributed by atoms with Gasteiger partial charge in [0.1, 0.15) is 6.07 Å². The number of aromatic nitrogens is 1. The lowest BCUT2D eigenvalue weighted by atomic mass is 10.2. The van der Waals surface area contributed by atoms with Crippen LogP contribution in [0.1, 0.15) is 18.4 Å². The highest BCUT2D eigenvalue weighted by Crippen LogP contribution is 2.29. The second-order valence-corrected chi connectivity index (χ2v) is 3.88. The maximum atomic E-state index is 9.24. The van der Waals surface area contributed by atoms with Crippen molar-refractivity contribution in [3.8, 4) is 6.07 Å². The third-order valence-corrected chi connectivity index (χ3v) is 2.95. The quantitative estimate of drug-likeness (QED) is 0.754. The first-order valence-electron chi connectivity index (χ1n) is 5.30. The summed E-state index contributed by atoms with van der Waals surface area (Å²) >= 11 is 0. The van der Waals surface area contributed by atoms with Gasteiger partial charge in [-0.15, -0.1) is 0 Å². The number of hydrogen-bond donors (Lipinski definition) is 2. The van der Waals surface area contributed by atoms with Gasteiger partial charge in [-0.3, -0.25) is 0 Å². The Hall–Kier alpha value is -1.80. The molecule has 5 nitrogen and oxygen atoms in total. The zero-order valence-corrected chi connectivity index (χ0v) is 8.93. The number of rotatable bonds is 2. The molecule has 0 bridgehead atoms. The van der Waals surface area contributed by atoms with Crippen LogP contribution in [0.25, 0.3) is 0 Å². The number of aliphatic hydroxyl groups excluding tert-OH is 1. The Morgan fingerprint density at radius 2 is 2.50 bits per heavy atom. The number of nitriles is 1. The molecule has 0 spiro atoms. The SMILES string of the molecule is N#Cc1ccnc(N2CCCC2CO)c1N. The third kappa shape index (κ3) is 1.68. The van der Waals surface area contributed by atoms with Crippen LogP contribution >= 0.6 is 0 Å². The molecule has 1 aromatic heterocycles. The monoisotopic (exact) mass is 218 g/mol. The Labute approximate surface area is 94.1 Å². The van der Waals surface area contributed by atoms with Crippen LogP contribution in [0, 0.1) is 11.3 Å². The number of nitrogens with two attached hydrogens (primary N) is 1. The van der Waals surface area contributed by atoms with Crippen molar-refractivity contribution in [2.24, 2.45) is 0 Å². The van der Waals surface area contributed by atoms with Gasteiger partial charge in [0.25, 0.3) is 0 Å². The van der Waals surface area contributed by atoms with Gasteiger partial charge in [0.2, 0.25) is 0 Å². The van der Waals surface area contributed by atoms with Crippen molar-refractivity contribution in [2.75, 3.05) is 23.8 Å². The van der Waals surface area contributed by atoms with Crippen molar-refractivity contribution in [1.29, 1.82) is 5.26 Å². The third-order valence-electron chi connectivity index (χ3n) is 2.95. The number of pyridine rings is 1. The number of aliphatic hydroxyl groups is 1. The summed E-state index contributed by atoms with van der Waals surface area (Å²) in [5.41, 5.74) is 6.73.